The topological polar surface area (TPSA) is 56.0 Å². The molecule has 0 aliphatic rings. The van der Waals surface area contributed by atoms with Gasteiger partial charge >= 0.3 is 0 Å². The van der Waals surface area contributed by atoms with Crippen LogP contribution < -0.4 is 0 Å². The van der Waals surface area contributed by atoms with Gasteiger partial charge in [0.1, 0.15) is 5.78 Å². The Kier molecular flexibility index (Phi) is 3.65. The van der Waals surface area contributed by atoms with Crippen molar-refractivity contribution in [2.75, 3.05) is 0 Å². The molecule has 0 amide bonds. The van der Waals surface area contributed by atoms with E-state index >= 15 is 0 Å². The summed E-state index contributed by atoms with van der Waals surface area (Å²) in [5.41, 5.74) is 1.14. The highest BCUT2D eigenvalue weighted by atomic mass is 16.5. The maximum atomic E-state index is 10.8. The smallest absolute Gasteiger partial charge is 0.227 e. The van der Waals surface area contributed by atoms with E-state index < -0.39 is 0 Å². The SMILES string of the molecule is CC(=O)CCc1nc(Cc2ccccc2)no1. The second-order valence-corrected chi connectivity index (χ2v) is 3.97. The molecule has 1 heterocycles. The average Bonchev–Trinajstić information content (AvgIpc) is 2.75. The van der Waals surface area contributed by atoms with Crippen molar-refractivity contribution < 1.29 is 9.32 Å². The van der Waals surface area contributed by atoms with E-state index in [0.717, 1.165) is 5.56 Å². The molecule has 0 saturated carbocycles. The molecule has 4 heteroatoms. The third-order valence-electron chi connectivity index (χ3n) is 2.41. The maximum Gasteiger partial charge on any atom is 0.227 e. The van der Waals surface area contributed by atoms with Gasteiger partial charge in [-0.25, -0.2) is 0 Å². The highest BCUT2D eigenvalue weighted by Gasteiger charge is 2.07. The first kappa shape index (κ1) is 11.5. The van der Waals surface area contributed by atoms with Crippen molar-refractivity contribution in [1.82, 2.24) is 10.1 Å². The van der Waals surface area contributed by atoms with E-state index in [9.17, 15) is 4.79 Å². The lowest BCUT2D eigenvalue weighted by atomic mass is 10.1. The fourth-order valence-electron chi connectivity index (χ4n) is 1.52. The molecule has 4 nitrogen and oxygen atoms in total. The minimum Gasteiger partial charge on any atom is -0.339 e. The third-order valence-corrected chi connectivity index (χ3v) is 2.41. The molecule has 0 spiro atoms. The Balaban J connectivity index is 1.97. The molecule has 0 saturated heterocycles. The summed E-state index contributed by atoms with van der Waals surface area (Å²) < 4.78 is 5.07. The van der Waals surface area contributed by atoms with Crippen LogP contribution in [0, 0.1) is 0 Å². The Morgan fingerprint density at radius 1 is 1.29 bits per heavy atom. The number of ketones is 1. The summed E-state index contributed by atoms with van der Waals surface area (Å²) in [5, 5.41) is 3.89. The van der Waals surface area contributed by atoms with Crippen molar-refractivity contribution in [3.63, 3.8) is 0 Å². The molecule has 0 aliphatic heterocycles. The predicted octanol–water partition coefficient (Wildman–Crippen LogP) is 2.18. The average molecular weight is 230 g/mol. The lowest BCUT2D eigenvalue weighted by Crippen LogP contribution is -1.95. The van der Waals surface area contributed by atoms with Crippen LogP contribution in [0.4, 0.5) is 0 Å². The number of Topliss-reactive ketones (excluding diaryl/α,β-unsaturated/α-hetero) is 1. The van der Waals surface area contributed by atoms with Crippen LogP contribution in [0.25, 0.3) is 0 Å². The fraction of sp³-hybridized carbons (Fsp3) is 0.308. The van der Waals surface area contributed by atoms with E-state index in [1.54, 1.807) is 6.92 Å². The van der Waals surface area contributed by atoms with E-state index in [-0.39, 0.29) is 5.78 Å². The molecule has 88 valence electrons. The number of carbonyl (C=O) groups is 1. The molecule has 0 aliphatic carbocycles. The van der Waals surface area contributed by atoms with E-state index in [4.69, 9.17) is 4.52 Å². The lowest BCUT2D eigenvalue weighted by molar-refractivity contribution is -0.117. The first-order valence-corrected chi connectivity index (χ1v) is 5.59. The zero-order chi connectivity index (χ0) is 12.1. The second-order valence-electron chi connectivity index (χ2n) is 3.97. The van der Waals surface area contributed by atoms with Crippen molar-refractivity contribution >= 4 is 5.78 Å². The van der Waals surface area contributed by atoms with Crippen LogP contribution in [-0.2, 0) is 17.6 Å². The maximum absolute atomic E-state index is 10.8. The van der Waals surface area contributed by atoms with Crippen molar-refractivity contribution in [1.29, 1.82) is 0 Å². The molecule has 0 bridgehead atoms. The molecule has 17 heavy (non-hydrogen) atoms. The van der Waals surface area contributed by atoms with Crippen molar-refractivity contribution in [3.05, 3.63) is 47.6 Å². The zero-order valence-electron chi connectivity index (χ0n) is 9.72. The number of carbonyl (C=O) groups excluding carboxylic acids is 1. The molecule has 0 N–H and O–H groups in total. The first-order valence-electron chi connectivity index (χ1n) is 5.59. The number of benzene rings is 1. The first-order chi connectivity index (χ1) is 8.24. The lowest BCUT2D eigenvalue weighted by Gasteiger charge is -1.94. The third kappa shape index (κ3) is 3.52. The summed E-state index contributed by atoms with van der Waals surface area (Å²) in [6.45, 7) is 1.56. The minimum atomic E-state index is 0.132. The summed E-state index contributed by atoms with van der Waals surface area (Å²) in [4.78, 5) is 15.1. The van der Waals surface area contributed by atoms with E-state index in [0.29, 0.717) is 31.0 Å². The van der Waals surface area contributed by atoms with Crippen molar-refractivity contribution in [2.45, 2.75) is 26.2 Å². The van der Waals surface area contributed by atoms with Gasteiger partial charge in [-0.15, -0.1) is 0 Å². The molecule has 0 radical (unpaired) electrons. The van der Waals surface area contributed by atoms with Gasteiger partial charge in [0.15, 0.2) is 5.82 Å². The highest BCUT2D eigenvalue weighted by molar-refractivity contribution is 5.75. The Morgan fingerprint density at radius 2 is 2.06 bits per heavy atom. The molecule has 2 rings (SSSR count). The molecule has 2 aromatic rings. The summed E-state index contributed by atoms with van der Waals surface area (Å²) in [6.07, 6.45) is 1.63. The summed E-state index contributed by atoms with van der Waals surface area (Å²) in [6, 6.07) is 9.97. The van der Waals surface area contributed by atoms with Gasteiger partial charge in [0.25, 0.3) is 0 Å². The Bertz CT molecular complexity index is 491. The number of hydrogen-bond acceptors (Lipinski definition) is 4. The summed E-state index contributed by atoms with van der Waals surface area (Å²) in [5.74, 6) is 1.33. The van der Waals surface area contributed by atoms with Gasteiger partial charge in [0, 0.05) is 19.3 Å². The zero-order valence-corrected chi connectivity index (χ0v) is 9.72. The molecule has 1 aromatic carbocycles. The van der Waals surface area contributed by atoms with Crippen LogP contribution in [0.2, 0.25) is 0 Å². The van der Waals surface area contributed by atoms with Crippen LogP contribution in [0.1, 0.15) is 30.6 Å². The number of hydrogen-bond donors (Lipinski definition) is 0. The fourth-order valence-corrected chi connectivity index (χ4v) is 1.52. The minimum absolute atomic E-state index is 0.132. The molecule has 0 atom stereocenters. The number of nitrogens with zero attached hydrogens (tertiary/aromatic N) is 2. The van der Waals surface area contributed by atoms with Gasteiger partial charge in [-0.3, -0.25) is 0 Å². The number of aromatic nitrogens is 2. The molecular formula is C13H14N2O2. The monoisotopic (exact) mass is 230 g/mol. The highest BCUT2D eigenvalue weighted by Crippen LogP contribution is 2.07. The Morgan fingerprint density at radius 3 is 2.76 bits per heavy atom. The molecular weight excluding hydrogens is 216 g/mol. The van der Waals surface area contributed by atoms with Crippen LogP contribution in [-0.4, -0.2) is 15.9 Å². The number of aryl methyl sites for hydroxylation is 1. The van der Waals surface area contributed by atoms with Gasteiger partial charge in [0.2, 0.25) is 5.89 Å². The van der Waals surface area contributed by atoms with Crippen LogP contribution in [0.3, 0.4) is 0 Å². The summed E-state index contributed by atoms with van der Waals surface area (Å²) in [7, 11) is 0. The van der Waals surface area contributed by atoms with E-state index in [1.807, 2.05) is 30.3 Å². The van der Waals surface area contributed by atoms with Gasteiger partial charge in [-0.1, -0.05) is 35.5 Å². The van der Waals surface area contributed by atoms with Crippen LogP contribution >= 0.6 is 0 Å². The largest absolute Gasteiger partial charge is 0.339 e. The van der Waals surface area contributed by atoms with Gasteiger partial charge < -0.3 is 9.32 Å². The van der Waals surface area contributed by atoms with Gasteiger partial charge in [-0.2, -0.15) is 4.98 Å². The Hall–Kier alpha value is -1.97. The molecule has 0 fully saturated rings. The van der Waals surface area contributed by atoms with E-state index in [2.05, 4.69) is 10.1 Å². The predicted molar refractivity (Wildman–Crippen MR) is 62.5 cm³/mol. The second kappa shape index (κ2) is 5.39. The molecule has 0 unspecified atom stereocenters. The van der Waals surface area contributed by atoms with Crippen LogP contribution in [0.5, 0.6) is 0 Å². The number of rotatable bonds is 5. The van der Waals surface area contributed by atoms with Crippen LogP contribution in [0.15, 0.2) is 34.9 Å². The van der Waals surface area contributed by atoms with Gasteiger partial charge in [0.05, 0.1) is 0 Å². The Labute approximate surface area is 99.7 Å². The standard InChI is InChI=1S/C13H14N2O2/c1-10(16)7-8-13-14-12(15-17-13)9-11-5-3-2-4-6-11/h2-6H,7-9H2,1H3. The summed E-state index contributed by atoms with van der Waals surface area (Å²) >= 11 is 0. The quantitative estimate of drug-likeness (QED) is 0.790. The molecule has 1 aromatic heterocycles. The van der Waals surface area contributed by atoms with Crippen molar-refractivity contribution in [3.8, 4) is 0 Å². The normalized spacial score (nSPS) is 10.4. The van der Waals surface area contributed by atoms with Gasteiger partial charge in [-0.05, 0) is 12.5 Å². The van der Waals surface area contributed by atoms with E-state index in [1.165, 1.54) is 0 Å². The van der Waals surface area contributed by atoms with Crippen molar-refractivity contribution in [2.24, 2.45) is 0 Å².